The summed E-state index contributed by atoms with van der Waals surface area (Å²) in [5.41, 5.74) is 0. The van der Waals surface area contributed by atoms with E-state index >= 15 is 0 Å². The summed E-state index contributed by atoms with van der Waals surface area (Å²) in [6, 6.07) is 0. The van der Waals surface area contributed by atoms with E-state index in [-0.39, 0.29) is 12.5 Å². The lowest BCUT2D eigenvalue weighted by Gasteiger charge is -2.26. The van der Waals surface area contributed by atoms with Gasteiger partial charge in [-0.25, -0.2) is 9.59 Å². The number of hydrogen-bond donors (Lipinski definition) is 1. The van der Waals surface area contributed by atoms with Crippen LogP contribution in [0.25, 0.3) is 0 Å². The number of carbonyl (C=O) groups excluding carboxylic acids is 2. The highest BCUT2D eigenvalue weighted by molar-refractivity contribution is 5.91. The largest absolute Gasteiger partial charge is 0.478 e. The Kier molecular flexibility index (Phi) is 5.15. The van der Waals surface area contributed by atoms with E-state index < -0.39 is 11.9 Å². The monoisotopic (exact) mass is 243 g/mol. The van der Waals surface area contributed by atoms with E-state index in [0.29, 0.717) is 32.4 Å². The standard InChI is InChI=1S/C10H13NO6/c12-8(11-3-5-16-6-4-11)7-17-10(15)2-1-9(13)14/h1-2H,3-7H2,(H,13,14)/b2-1+. The summed E-state index contributed by atoms with van der Waals surface area (Å²) in [5.74, 6) is -2.42. The van der Waals surface area contributed by atoms with Crippen molar-refractivity contribution in [2.45, 2.75) is 0 Å². The van der Waals surface area contributed by atoms with Gasteiger partial charge in [-0.15, -0.1) is 0 Å². The maximum atomic E-state index is 11.5. The number of hydrogen-bond acceptors (Lipinski definition) is 5. The summed E-state index contributed by atoms with van der Waals surface area (Å²) >= 11 is 0. The SMILES string of the molecule is O=C(O)/C=C/C(=O)OCC(=O)N1CCOCC1. The molecular weight excluding hydrogens is 230 g/mol. The van der Waals surface area contributed by atoms with Gasteiger partial charge in [0.05, 0.1) is 13.2 Å². The predicted molar refractivity (Wildman–Crippen MR) is 55.1 cm³/mol. The van der Waals surface area contributed by atoms with Gasteiger partial charge in [-0.05, 0) is 0 Å². The van der Waals surface area contributed by atoms with Crippen LogP contribution in [0.4, 0.5) is 0 Å². The van der Waals surface area contributed by atoms with Gasteiger partial charge in [0.15, 0.2) is 6.61 Å². The first-order valence-electron chi connectivity index (χ1n) is 5.03. The fourth-order valence-corrected chi connectivity index (χ4v) is 1.22. The van der Waals surface area contributed by atoms with E-state index in [1.54, 1.807) is 0 Å². The highest BCUT2D eigenvalue weighted by atomic mass is 16.5. The Morgan fingerprint density at radius 3 is 2.47 bits per heavy atom. The maximum Gasteiger partial charge on any atom is 0.331 e. The summed E-state index contributed by atoms with van der Waals surface area (Å²) in [4.78, 5) is 34.1. The number of carboxylic acids is 1. The van der Waals surface area contributed by atoms with Gasteiger partial charge in [0.25, 0.3) is 5.91 Å². The van der Waals surface area contributed by atoms with Gasteiger partial charge in [0.2, 0.25) is 0 Å². The molecule has 94 valence electrons. The van der Waals surface area contributed by atoms with Gasteiger partial charge in [-0.2, -0.15) is 0 Å². The van der Waals surface area contributed by atoms with Crippen LogP contribution in [-0.2, 0) is 23.9 Å². The Morgan fingerprint density at radius 2 is 1.88 bits per heavy atom. The van der Waals surface area contributed by atoms with Crippen LogP contribution >= 0.6 is 0 Å². The van der Waals surface area contributed by atoms with E-state index in [9.17, 15) is 14.4 Å². The zero-order valence-corrected chi connectivity index (χ0v) is 9.13. The van der Waals surface area contributed by atoms with E-state index in [0.717, 1.165) is 6.08 Å². The molecule has 1 fully saturated rings. The quantitative estimate of drug-likeness (QED) is 0.504. The lowest BCUT2D eigenvalue weighted by molar-refractivity contribution is -0.150. The number of nitrogens with zero attached hydrogens (tertiary/aromatic N) is 1. The molecule has 0 radical (unpaired) electrons. The number of esters is 1. The molecule has 1 aliphatic rings. The first kappa shape index (κ1) is 13.2. The summed E-state index contributed by atoms with van der Waals surface area (Å²) in [5, 5.41) is 8.26. The van der Waals surface area contributed by atoms with Gasteiger partial charge in [-0.3, -0.25) is 4.79 Å². The Hall–Kier alpha value is -1.89. The highest BCUT2D eigenvalue weighted by Crippen LogP contribution is 1.98. The van der Waals surface area contributed by atoms with Crippen LogP contribution in [0.3, 0.4) is 0 Å². The predicted octanol–water partition coefficient (Wildman–Crippen LogP) is -0.971. The van der Waals surface area contributed by atoms with Crippen LogP contribution < -0.4 is 0 Å². The molecule has 7 nitrogen and oxygen atoms in total. The number of aliphatic carboxylic acids is 1. The summed E-state index contributed by atoms with van der Waals surface area (Å²) < 4.78 is 9.65. The topological polar surface area (TPSA) is 93.1 Å². The molecule has 7 heteroatoms. The van der Waals surface area contributed by atoms with Crippen molar-refractivity contribution in [3.8, 4) is 0 Å². The molecule has 1 saturated heterocycles. The smallest absolute Gasteiger partial charge is 0.331 e. The molecule has 1 amide bonds. The van der Waals surface area contributed by atoms with Crippen LogP contribution in [-0.4, -0.2) is 60.8 Å². The molecule has 0 aliphatic carbocycles. The van der Waals surface area contributed by atoms with Gasteiger partial charge in [-0.1, -0.05) is 0 Å². The molecular formula is C10H13NO6. The highest BCUT2D eigenvalue weighted by Gasteiger charge is 2.17. The number of carbonyl (C=O) groups is 3. The molecule has 17 heavy (non-hydrogen) atoms. The molecule has 0 atom stereocenters. The van der Waals surface area contributed by atoms with Crippen LogP contribution in [0.2, 0.25) is 0 Å². The van der Waals surface area contributed by atoms with Crippen molar-refractivity contribution < 1.29 is 29.0 Å². The summed E-state index contributed by atoms with van der Waals surface area (Å²) in [6.07, 6.45) is 1.41. The van der Waals surface area contributed by atoms with E-state index in [1.165, 1.54) is 4.90 Å². The summed E-state index contributed by atoms with van der Waals surface area (Å²) in [6.45, 7) is 1.50. The molecule has 1 heterocycles. The van der Waals surface area contributed by atoms with Crippen molar-refractivity contribution in [1.29, 1.82) is 0 Å². The lowest BCUT2D eigenvalue weighted by Crippen LogP contribution is -2.42. The van der Waals surface area contributed by atoms with Crippen molar-refractivity contribution in [2.75, 3.05) is 32.9 Å². The number of carboxylic acid groups (broad SMARTS) is 1. The minimum absolute atomic E-state index is 0.314. The third-order valence-electron chi connectivity index (χ3n) is 2.06. The minimum Gasteiger partial charge on any atom is -0.478 e. The Morgan fingerprint density at radius 1 is 1.24 bits per heavy atom. The molecule has 1 N–H and O–H groups in total. The average Bonchev–Trinajstić information content (AvgIpc) is 2.34. The fourth-order valence-electron chi connectivity index (χ4n) is 1.22. The average molecular weight is 243 g/mol. The van der Waals surface area contributed by atoms with Crippen molar-refractivity contribution in [3.63, 3.8) is 0 Å². The molecule has 1 aliphatic heterocycles. The second kappa shape index (κ2) is 6.64. The number of rotatable bonds is 4. The Bertz CT molecular complexity index is 332. The minimum atomic E-state index is -1.25. The molecule has 0 aromatic heterocycles. The number of ether oxygens (including phenoxy) is 2. The Labute approximate surface area is 97.6 Å². The molecule has 0 bridgehead atoms. The zero-order valence-electron chi connectivity index (χ0n) is 9.13. The van der Waals surface area contributed by atoms with Crippen molar-refractivity contribution in [3.05, 3.63) is 12.2 Å². The molecule has 0 aromatic rings. The van der Waals surface area contributed by atoms with Gasteiger partial charge in [0.1, 0.15) is 0 Å². The first-order valence-corrected chi connectivity index (χ1v) is 5.03. The summed E-state index contributed by atoms with van der Waals surface area (Å²) in [7, 11) is 0. The lowest BCUT2D eigenvalue weighted by atomic mass is 10.4. The normalized spacial score (nSPS) is 15.9. The van der Waals surface area contributed by atoms with Gasteiger partial charge >= 0.3 is 11.9 Å². The molecule has 0 spiro atoms. The van der Waals surface area contributed by atoms with Crippen LogP contribution in [0.5, 0.6) is 0 Å². The Balaban J connectivity index is 2.27. The van der Waals surface area contributed by atoms with Crippen molar-refractivity contribution in [2.24, 2.45) is 0 Å². The molecule has 0 unspecified atom stereocenters. The first-order chi connectivity index (χ1) is 8.09. The van der Waals surface area contributed by atoms with Gasteiger partial charge in [0, 0.05) is 25.2 Å². The van der Waals surface area contributed by atoms with Crippen molar-refractivity contribution in [1.82, 2.24) is 4.90 Å². The van der Waals surface area contributed by atoms with Crippen molar-refractivity contribution >= 4 is 17.8 Å². The zero-order chi connectivity index (χ0) is 12.7. The number of morpholine rings is 1. The number of amides is 1. The molecule has 0 aromatic carbocycles. The van der Waals surface area contributed by atoms with E-state index in [2.05, 4.69) is 4.74 Å². The third-order valence-corrected chi connectivity index (χ3v) is 2.06. The molecule has 0 saturated carbocycles. The van der Waals surface area contributed by atoms with E-state index in [1.807, 2.05) is 0 Å². The third kappa shape index (κ3) is 5.12. The van der Waals surface area contributed by atoms with Crippen LogP contribution in [0.1, 0.15) is 0 Å². The van der Waals surface area contributed by atoms with Crippen LogP contribution in [0, 0.1) is 0 Å². The maximum absolute atomic E-state index is 11.5. The second-order valence-electron chi connectivity index (χ2n) is 3.27. The van der Waals surface area contributed by atoms with Crippen LogP contribution in [0.15, 0.2) is 12.2 Å². The van der Waals surface area contributed by atoms with E-state index in [4.69, 9.17) is 9.84 Å². The van der Waals surface area contributed by atoms with Gasteiger partial charge < -0.3 is 19.5 Å². The second-order valence-corrected chi connectivity index (χ2v) is 3.27. The fraction of sp³-hybridized carbons (Fsp3) is 0.500. The molecule has 1 rings (SSSR count).